The molecule has 0 rings (SSSR count). The molecule has 0 unspecified atom stereocenters. The summed E-state index contributed by atoms with van der Waals surface area (Å²) in [6, 6.07) is 0. The number of aliphatic carboxylic acids is 1. The first-order valence-electron chi connectivity index (χ1n) is 2.74. The van der Waals surface area contributed by atoms with Gasteiger partial charge in [0.25, 0.3) is 0 Å². The van der Waals surface area contributed by atoms with Crippen molar-refractivity contribution in [3.8, 4) is 0 Å². The van der Waals surface area contributed by atoms with E-state index in [4.69, 9.17) is 10.2 Å². The highest BCUT2D eigenvalue weighted by Gasteiger charge is 1.78. The van der Waals surface area contributed by atoms with E-state index < -0.39 is 5.97 Å². The summed E-state index contributed by atoms with van der Waals surface area (Å²) in [6.45, 7) is 1.83. The highest BCUT2D eigenvalue weighted by molar-refractivity contribution is 5.80. The van der Waals surface area contributed by atoms with Gasteiger partial charge in [0.15, 0.2) is 0 Å². The number of aliphatic hydroxyl groups excluding tert-OH is 1. The molecule has 0 amide bonds. The molecule has 0 bridgehead atoms. The lowest BCUT2D eigenvalue weighted by Crippen LogP contribution is -1.83. The lowest BCUT2D eigenvalue weighted by Gasteiger charge is -1.72. The smallest absolute Gasteiger partial charge is 0.328 e. The summed E-state index contributed by atoms with van der Waals surface area (Å²) in [5.74, 6) is -0.914. The van der Waals surface area contributed by atoms with Crippen molar-refractivity contribution in [2.45, 2.75) is 6.92 Å². The Kier molecular flexibility index (Phi) is 12.6. The molecule has 0 atom stereocenters. The maximum Gasteiger partial charge on any atom is 0.328 e. The van der Waals surface area contributed by atoms with E-state index in [0.29, 0.717) is 0 Å². The Labute approximate surface area is 60.3 Å². The van der Waals surface area contributed by atoms with Gasteiger partial charge in [0.05, 0.1) is 0 Å². The normalized spacial score (nSPS) is 9.50. The van der Waals surface area contributed by atoms with Crippen molar-refractivity contribution < 1.29 is 15.0 Å². The summed E-state index contributed by atoms with van der Waals surface area (Å²) in [6.07, 6.45) is 5.98. The van der Waals surface area contributed by atoms with E-state index in [0.717, 1.165) is 13.2 Å². The van der Waals surface area contributed by atoms with Crippen molar-refractivity contribution in [1.29, 1.82) is 0 Å². The SMILES string of the molecule is CC=CC=CC(=O)O.CO. The lowest BCUT2D eigenvalue weighted by atomic mass is 10.4. The molecule has 58 valence electrons. The van der Waals surface area contributed by atoms with Gasteiger partial charge >= 0.3 is 5.97 Å². The molecule has 0 aliphatic heterocycles. The molecule has 0 spiro atoms. The third-order valence-corrected chi connectivity index (χ3v) is 0.542. The first-order valence-corrected chi connectivity index (χ1v) is 2.74. The predicted octanol–water partition coefficient (Wildman–Crippen LogP) is 0.812. The number of hydrogen-bond acceptors (Lipinski definition) is 2. The van der Waals surface area contributed by atoms with Crippen molar-refractivity contribution in [3.05, 3.63) is 24.3 Å². The second-order valence-corrected chi connectivity index (χ2v) is 1.22. The third kappa shape index (κ3) is 15.8. The minimum atomic E-state index is -0.914. The maximum atomic E-state index is 9.75. The van der Waals surface area contributed by atoms with E-state index in [1.54, 1.807) is 12.2 Å². The zero-order valence-electron chi connectivity index (χ0n) is 6.11. The van der Waals surface area contributed by atoms with E-state index in [2.05, 4.69) is 0 Å². The topological polar surface area (TPSA) is 57.5 Å². The second-order valence-electron chi connectivity index (χ2n) is 1.22. The van der Waals surface area contributed by atoms with Crippen LogP contribution in [0.1, 0.15) is 6.92 Å². The van der Waals surface area contributed by atoms with Crippen LogP contribution in [0.4, 0.5) is 0 Å². The third-order valence-electron chi connectivity index (χ3n) is 0.542. The van der Waals surface area contributed by atoms with Gasteiger partial charge in [-0.3, -0.25) is 0 Å². The number of rotatable bonds is 2. The highest BCUT2D eigenvalue weighted by Crippen LogP contribution is 1.74. The Balaban J connectivity index is 0. The number of aliphatic hydroxyl groups is 1. The van der Waals surface area contributed by atoms with Gasteiger partial charge in [-0.05, 0) is 6.92 Å². The van der Waals surface area contributed by atoms with Gasteiger partial charge in [-0.1, -0.05) is 18.2 Å². The molecule has 0 saturated carbocycles. The quantitative estimate of drug-likeness (QED) is 0.445. The molecule has 0 fully saturated rings. The molecule has 0 saturated heterocycles. The number of hydrogen-bond donors (Lipinski definition) is 2. The summed E-state index contributed by atoms with van der Waals surface area (Å²) in [7, 11) is 1.00. The van der Waals surface area contributed by atoms with Crippen LogP contribution in [0.5, 0.6) is 0 Å². The van der Waals surface area contributed by atoms with E-state index in [1.807, 2.05) is 6.92 Å². The number of carboxylic acid groups (broad SMARTS) is 1. The molecular weight excluding hydrogens is 132 g/mol. The van der Waals surface area contributed by atoms with Crippen LogP contribution in [0.25, 0.3) is 0 Å². The van der Waals surface area contributed by atoms with Gasteiger partial charge in [0.1, 0.15) is 0 Å². The summed E-state index contributed by atoms with van der Waals surface area (Å²) in [4.78, 5) is 9.75. The van der Waals surface area contributed by atoms with Gasteiger partial charge in [0.2, 0.25) is 0 Å². The first kappa shape index (κ1) is 11.7. The van der Waals surface area contributed by atoms with Crippen molar-refractivity contribution in [1.82, 2.24) is 0 Å². The van der Waals surface area contributed by atoms with E-state index >= 15 is 0 Å². The Hall–Kier alpha value is -1.09. The van der Waals surface area contributed by atoms with Gasteiger partial charge in [-0.2, -0.15) is 0 Å². The molecule has 0 aliphatic carbocycles. The summed E-state index contributed by atoms with van der Waals surface area (Å²) >= 11 is 0. The van der Waals surface area contributed by atoms with Gasteiger partial charge < -0.3 is 10.2 Å². The molecule has 0 aliphatic rings. The average Bonchev–Trinajstić information content (AvgIpc) is 1.92. The zero-order chi connectivity index (χ0) is 8.41. The average molecular weight is 144 g/mol. The van der Waals surface area contributed by atoms with E-state index in [-0.39, 0.29) is 0 Å². The number of allylic oxidation sites excluding steroid dienone is 3. The monoisotopic (exact) mass is 144 g/mol. The van der Waals surface area contributed by atoms with Crippen LogP contribution in [-0.2, 0) is 4.79 Å². The van der Waals surface area contributed by atoms with Crippen LogP contribution in [0.15, 0.2) is 24.3 Å². The molecule has 3 heteroatoms. The summed E-state index contributed by atoms with van der Waals surface area (Å²) in [5, 5.41) is 15.0. The first-order chi connectivity index (χ1) is 4.77. The highest BCUT2D eigenvalue weighted by atomic mass is 16.4. The number of carboxylic acids is 1. The second kappa shape index (κ2) is 10.8. The Morgan fingerprint density at radius 1 is 1.30 bits per heavy atom. The fourth-order valence-corrected chi connectivity index (χ4v) is 0.249. The van der Waals surface area contributed by atoms with Crippen molar-refractivity contribution in [2.24, 2.45) is 0 Å². The Morgan fingerprint density at radius 3 is 2.10 bits per heavy atom. The molecule has 0 aromatic heterocycles. The molecular formula is C7H12O3. The van der Waals surface area contributed by atoms with Crippen molar-refractivity contribution in [2.75, 3.05) is 7.11 Å². The van der Waals surface area contributed by atoms with Gasteiger partial charge in [-0.25, -0.2) is 4.79 Å². The van der Waals surface area contributed by atoms with Crippen LogP contribution in [0, 0.1) is 0 Å². The van der Waals surface area contributed by atoms with Crippen LogP contribution in [-0.4, -0.2) is 23.3 Å². The van der Waals surface area contributed by atoms with Crippen molar-refractivity contribution >= 4 is 5.97 Å². The largest absolute Gasteiger partial charge is 0.478 e. The Bertz CT molecular complexity index is 125. The van der Waals surface area contributed by atoms with E-state index in [1.165, 1.54) is 6.08 Å². The molecule has 2 N–H and O–H groups in total. The zero-order valence-corrected chi connectivity index (χ0v) is 6.11. The fraction of sp³-hybridized carbons (Fsp3) is 0.286. The molecule has 0 aromatic carbocycles. The fourth-order valence-electron chi connectivity index (χ4n) is 0.249. The predicted molar refractivity (Wildman–Crippen MR) is 39.7 cm³/mol. The molecule has 10 heavy (non-hydrogen) atoms. The van der Waals surface area contributed by atoms with Gasteiger partial charge in [-0.15, -0.1) is 0 Å². The standard InChI is InChI=1S/C6H8O2.CH4O/c1-2-3-4-5-6(7)8;1-2/h2-5H,1H3,(H,7,8);2H,1H3. The van der Waals surface area contributed by atoms with Crippen LogP contribution in [0.3, 0.4) is 0 Å². The molecule has 3 nitrogen and oxygen atoms in total. The van der Waals surface area contributed by atoms with Crippen LogP contribution in [0.2, 0.25) is 0 Å². The maximum absolute atomic E-state index is 9.75. The Morgan fingerprint density at radius 2 is 1.80 bits per heavy atom. The molecule has 0 aromatic rings. The van der Waals surface area contributed by atoms with Crippen molar-refractivity contribution in [3.63, 3.8) is 0 Å². The van der Waals surface area contributed by atoms with Gasteiger partial charge in [0, 0.05) is 13.2 Å². The minimum Gasteiger partial charge on any atom is -0.478 e. The van der Waals surface area contributed by atoms with Crippen LogP contribution < -0.4 is 0 Å². The number of carbonyl (C=O) groups is 1. The van der Waals surface area contributed by atoms with E-state index in [9.17, 15) is 4.79 Å². The lowest BCUT2D eigenvalue weighted by molar-refractivity contribution is -0.131. The summed E-state index contributed by atoms with van der Waals surface area (Å²) in [5.41, 5.74) is 0. The molecule has 0 radical (unpaired) electrons. The van der Waals surface area contributed by atoms with Crippen LogP contribution >= 0.6 is 0 Å². The molecule has 0 heterocycles. The summed E-state index contributed by atoms with van der Waals surface area (Å²) < 4.78 is 0. The minimum absolute atomic E-state index is 0.914.